The van der Waals surface area contributed by atoms with Crippen LogP contribution in [0.3, 0.4) is 0 Å². The highest BCUT2D eigenvalue weighted by atomic mass is 35.5. The predicted molar refractivity (Wildman–Crippen MR) is 96.8 cm³/mol. The van der Waals surface area contributed by atoms with Gasteiger partial charge in [-0.05, 0) is 18.2 Å². The summed E-state index contributed by atoms with van der Waals surface area (Å²) in [5.41, 5.74) is 7.22. The number of halogens is 4. The minimum Gasteiger partial charge on any atom is -0.440 e. The fraction of sp³-hybridized carbons (Fsp3) is 0.278. The van der Waals surface area contributed by atoms with E-state index in [0.29, 0.717) is 46.8 Å². The van der Waals surface area contributed by atoms with Crippen molar-refractivity contribution in [3.63, 3.8) is 0 Å². The lowest BCUT2D eigenvalue weighted by Gasteiger charge is -2.28. The molecule has 0 fully saturated rings. The fourth-order valence-corrected chi connectivity index (χ4v) is 3.41. The number of anilines is 1. The number of hydrogen-bond donors (Lipinski definition) is 1. The zero-order chi connectivity index (χ0) is 20.1. The van der Waals surface area contributed by atoms with Crippen LogP contribution in [0.25, 0.3) is 11.0 Å². The summed E-state index contributed by atoms with van der Waals surface area (Å²) < 4.78 is 43.8. The topological polar surface area (TPSA) is 85.2 Å². The van der Waals surface area contributed by atoms with Gasteiger partial charge in [-0.25, -0.2) is 9.97 Å². The zero-order valence-electron chi connectivity index (χ0n) is 14.4. The van der Waals surface area contributed by atoms with E-state index in [9.17, 15) is 18.0 Å². The molecule has 0 aliphatic carbocycles. The highest BCUT2D eigenvalue weighted by molar-refractivity contribution is 6.31. The van der Waals surface area contributed by atoms with Crippen molar-refractivity contribution in [2.24, 2.45) is 0 Å². The Bertz CT molecular complexity index is 1130. The molecule has 3 aromatic rings. The molecule has 0 amide bonds. The van der Waals surface area contributed by atoms with Gasteiger partial charge in [0, 0.05) is 42.8 Å². The van der Waals surface area contributed by atoms with E-state index in [1.807, 2.05) is 4.90 Å². The summed E-state index contributed by atoms with van der Waals surface area (Å²) >= 11 is 5.96. The van der Waals surface area contributed by atoms with E-state index in [2.05, 4.69) is 9.97 Å². The van der Waals surface area contributed by atoms with Gasteiger partial charge in [0.15, 0.2) is 11.3 Å². The Kier molecular flexibility index (Phi) is 4.51. The standard InChI is InChI=1S/C18H14ClF3N4O2/c19-10-1-2-14-11(5-10)15(27)12(16(23)28-14)8-26-4-3-13-9(7-26)6-24-17(25-13)18(20,21)22/h1-2,5-6H,3-4,7-8,23H2. The van der Waals surface area contributed by atoms with E-state index in [1.165, 1.54) is 12.3 Å². The third-order valence-corrected chi connectivity index (χ3v) is 4.86. The SMILES string of the molecule is Nc1oc2ccc(Cl)cc2c(=O)c1CN1CCc2nc(C(F)(F)F)ncc2C1. The smallest absolute Gasteiger partial charge is 0.440 e. The van der Waals surface area contributed by atoms with Gasteiger partial charge < -0.3 is 10.2 Å². The van der Waals surface area contributed by atoms with Gasteiger partial charge in [-0.15, -0.1) is 0 Å². The second kappa shape index (κ2) is 6.75. The number of aromatic nitrogens is 2. The average molecular weight is 411 g/mol. The largest absolute Gasteiger partial charge is 0.451 e. The highest BCUT2D eigenvalue weighted by Crippen LogP contribution is 2.28. The molecule has 0 saturated carbocycles. The summed E-state index contributed by atoms with van der Waals surface area (Å²) in [6, 6.07) is 4.69. The Morgan fingerprint density at radius 2 is 2.11 bits per heavy atom. The van der Waals surface area contributed by atoms with Crippen LogP contribution in [0.4, 0.5) is 19.1 Å². The van der Waals surface area contributed by atoms with Crippen LogP contribution >= 0.6 is 11.6 Å². The van der Waals surface area contributed by atoms with Gasteiger partial charge >= 0.3 is 6.18 Å². The van der Waals surface area contributed by atoms with Gasteiger partial charge in [-0.1, -0.05) is 11.6 Å². The normalized spacial score (nSPS) is 15.0. The number of alkyl halides is 3. The van der Waals surface area contributed by atoms with Crippen LogP contribution in [0, 0.1) is 0 Å². The Hall–Kier alpha value is -2.65. The maximum atomic E-state index is 12.8. The van der Waals surface area contributed by atoms with Crippen LogP contribution in [0.5, 0.6) is 0 Å². The summed E-state index contributed by atoms with van der Waals surface area (Å²) in [6.07, 6.45) is -3.08. The third-order valence-electron chi connectivity index (χ3n) is 4.63. The molecular weight excluding hydrogens is 397 g/mol. The molecule has 4 rings (SSSR count). The quantitative estimate of drug-likeness (QED) is 0.697. The van der Waals surface area contributed by atoms with Crippen LogP contribution in [0.2, 0.25) is 5.02 Å². The highest BCUT2D eigenvalue weighted by Gasteiger charge is 2.35. The summed E-state index contributed by atoms with van der Waals surface area (Å²) in [5, 5.41) is 0.729. The summed E-state index contributed by atoms with van der Waals surface area (Å²) in [6.45, 7) is 0.921. The second-order valence-corrected chi connectivity index (χ2v) is 6.97. The Morgan fingerprint density at radius 3 is 2.86 bits per heavy atom. The van der Waals surface area contributed by atoms with Crippen molar-refractivity contribution < 1.29 is 17.6 Å². The van der Waals surface area contributed by atoms with Crippen LogP contribution in [-0.2, 0) is 25.7 Å². The molecule has 3 heterocycles. The van der Waals surface area contributed by atoms with Gasteiger partial charge in [-0.2, -0.15) is 13.2 Å². The van der Waals surface area contributed by atoms with Gasteiger partial charge in [0.2, 0.25) is 5.82 Å². The number of nitrogens with two attached hydrogens (primary N) is 1. The molecule has 0 saturated heterocycles. The monoisotopic (exact) mass is 410 g/mol. The van der Waals surface area contributed by atoms with Crippen molar-refractivity contribution in [3.05, 3.63) is 62.3 Å². The molecule has 1 aromatic carbocycles. The molecule has 146 valence electrons. The van der Waals surface area contributed by atoms with Crippen LogP contribution < -0.4 is 11.2 Å². The van der Waals surface area contributed by atoms with Gasteiger partial charge in [0.1, 0.15) is 5.58 Å². The summed E-state index contributed by atoms with van der Waals surface area (Å²) in [7, 11) is 0. The Balaban J connectivity index is 1.62. The van der Waals surface area contributed by atoms with Crippen molar-refractivity contribution in [2.45, 2.75) is 25.7 Å². The molecule has 2 aromatic heterocycles. The minimum absolute atomic E-state index is 0.00860. The minimum atomic E-state index is -4.58. The Labute approximate surface area is 161 Å². The lowest BCUT2D eigenvalue weighted by atomic mass is 10.1. The number of nitrogen functional groups attached to an aromatic ring is 1. The van der Waals surface area contributed by atoms with Crippen molar-refractivity contribution >= 4 is 28.5 Å². The van der Waals surface area contributed by atoms with Gasteiger partial charge in [-0.3, -0.25) is 9.69 Å². The molecule has 10 heteroatoms. The molecule has 28 heavy (non-hydrogen) atoms. The summed E-state index contributed by atoms with van der Waals surface area (Å²) in [5.74, 6) is -1.13. The van der Waals surface area contributed by atoms with E-state index in [0.717, 1.165) is 0 Å². The van der Waals surface area contributed by atoms with E-state index >= 15 is 0 Å². The van der Waals surface area contributed by atoms with E-state index in [1.54, 1.807) is 12.1 Å². The van der Waals surface area contributed by atoms with Crippen molar-refractivity contribution in [3.8, 4) is 0 Å². The van der Waals surface area contributed by atoms with Crippen LogP contribution in [-0.4, -0.2) is 21.4 Å². The van der Waals surface area contributed by atoms with Crippen molar-refractivity contribution in [2.75, 3.05) is 12.3 Å². The molecule has 0 radical (unpaired) electrons. The first kappa shape index (κ1) is 18.7. The number of rotatable bonds is 2. The van der Waals surface area contributed by atoms with E-state index < -0.39 is 12.0 Å². The molecule has 1 aliphatic rings. The van der Waals surface area contributed by atoms with Crippen molar-refractivity contribution in [1.82, 2.24) is 14.9 Å². The van der Waals surface area contributed by atoms with Gasteiger partial charge in [0.05, 0.1) is 16.6 Å². The number of nitrogens with zero attached hydrogens (tertiary/aromatic N) is 3. The maximum Gasteiger partial charge on any atom is 0.451 e. The molecule has 0 unspecified atom stereocenters. The van der Waals surface area contributed by atoms with Crippen LogP contribution in [0.15, 0.2) is 33.6 Å². The lowest BCUT2D eigenvalue weighted by Crippen LogP contribution is -2.33. The Morgan fingerprint density at radius 1 is 1.32 bits per heavy atom. The third kappa shape index (κ3) is 3.43. The number of hydrogen-bond acceptors (Lipinski definition) is 6. The molecule has 1 aliphatic heterocycles. The van der Waals surface area contributed by atoms with Crippen molar-refractivity contribution in [1.29, 1.82) is 0 Å². The number of fused-ring (bicyclic) bond motifs is 2. The number of benzene rings is 1. The lowest BCUT2D eigenvalue weighted by molar-refractivity contribution is -0.145. The second-order valence-electron chi connectivity index (χ2n) is 6.54. The van der Waals surface area contributed by atoms with E-state index in [-0.39, 0.29) is 23.4 Å². The first-order chi connectivity index (χ1) is 13.2. The van der Waals surface area contributed by atoms with Gasteiger partial charge in [0.25, 0.3) is 0 Å². The first-order valence-corrected chi connectivity index (χ1v) is 8.75. The molecule has 0 bridgehead atoms. The molecule has 0 spiro atoms. The van der Waals surface area contributed by atoms with E-state index in [4.69, 9.17) is 21.8 Å². The molecular formula is C18H14ClF3N4O2. The fourth-order valence-electron chi connectivity index (χ4n) is 3.24. The maximum absolute atomic E-state index is 12.8. The summed E-state index contributed by atoms with van der Waals surface area (Å²) in [4.78, 5) is 21.7. The molecule has 6 nitrogen and oxygen atoms in total. The predicted octanol–water partition coefficient (Wildman–Crippen LogP) is 3.40. The molecule has 2 N–H and O–H groups in total. The zero-order valence-corrected chi connectivity index (χ0v) is 15.1. The van der Waals surface area contributed by atoms with Crippen LogP contribution in [0.1, 0.15) is 22.6 Å². The average Bonchev–Trinajstić information content (AvgIpc) is 2.64. The molecule has 0 atom stereocenters. The first-order valence-electron chi connectivity index (χ1n) is 8.37.